The second-order valence-electron chi connectivity index (χ2n) is 5.20. The summed E-state index contributed by atoms with van der Waals surface area (Å²) in [5.41, 5.74) is 0. The van der Waals surface area contributed by atoms with E-state index in [1.807, 2.05) is 0 Å². The Morgan fingerprint density at radius 2 is 2.12 bits per heavy atom. The molecule has 0 aromatic heterocycles. The number of nitrogens with zero attached hydrogens (tertiary/aromatic N) is 2. The third kappa shape index (κ3) is 2.46. The van der Waals surface area contributed by atoms with E-state index in [0.29, 0.717) is 11.8 Å². The molecule has 0 aromatic rings. The maximum absolute atomic E-state index is 11.9. The van der Waals surface area contributed by atoms with Crippen molar-refractivity contribution in [2.24, 2.45) is 0 Å². The molecule has 92 valence electrons. The Morgan fingerprint density at radius 1 is 1.31 bits per heavy atom. The predicted octanol–water partition coefficient (Wildman–Crippen LogP) is 1.52. The summed E-state index contributed by atoms with van der Waals surface area (Å²) in [6.45, 7) is 8.91. The van der Waals surface area contributed by atoms with Gasteiger partial charge in [-0.2, -0.15) is 0 Å². The van der Waals surface area contributed by atoms with Crippen molar-refractivity contribution in [3.05, 3.63) is 0 Å². The minimum Gasteiger partial charge on any atom is -0.298 e. The molecular weight excluding hydrogens is 200 g/mol. The van der Waals surface area contributed by atoms with Crippen LogP contribution < -0.4 is 0 Å². The summed E-state index contributed by atoms with van der Waals surface area (Å²) in [5, 5.41) is 0. The van der Waals surface area contributed by atoms with E-state index in [0.717, 1.165) is 45.4 Å². The van der Waals surface area contributed by atoms with Crippen LogP contribution in [-0.2, 0) is 4.79 Å². The lowest BCUT2D eigenvalue weighted by Gasteiger charge is -2.43. The minimum atomic E-state index is 0.246. The zero-order valence-electron chi connectivity index (χ0n) is 10.6. The Hall–Kier alpha value is -0.410. The summed E-state index contributed by atoms with van der Waals surface area (Å²) in [7, 11) is 0. The Morgan fingerprint density at radius 3 is 2.75 bits per heavy atom. The van der Waals surface area contributed by atoms with Crippen molar-refractivity contribution in [1.29, 1.82) is 0 Å². The van der Waals surface area contributed by atoms with Crippen molar-refractivity contribution < 1.29 is 4.79 Å². The number of hydrogen-bond donors (Lipinski definition) is 0. The van der Waals surface area contributed by atoms with E-state index in [-0.39, 0.29) is 6.04 Å². The summed E-state index contributed by atoms with van der Waals surface area (Å²) < 4.78 is 0. The molecule has 2 fully saturated rings. The lowest BCUT2D eigenvalue weighted by atomic mass is 9.92. The van der Waals surface area contributed by atoms with Crippen LogP contribution in [0.25, 0.3) is 0 Å². The highest BCUT2D eigenvalue weighted by Gasteiger charge is 2.32. The van der Waals surface area contributed by atoms with Crippen molar-refractivity contribution >= 4 is 5.78 Å². The van der Waals surface area contributed by atoms with Crippen LogP contribution in [-0.4, -0.2) is 53.8 Å². The van der Waals surface area contributed by atoms with Gasteiger partial charge in [-0.15, -0.1) is 0 Å². The van der Waals surface area contributed by atoms with Gasteiger partial charge < -0.3 is 0 Å². The molecule has 0 spiro atoms. The zero-order valence-corrected chi connectivity index (χ0v) is 10.6. The molecule has 1 aliphatic carbocycles. The van der Waals surface area contributed by atoms with E-state index in [1.165, 1.54) is 6.42 Å². The molecule has 1 aliphatic heterocycles. The Bertz CT molecular complexity index is 254. The van der Waals surface area contributed by atoms with Crippen molar-refractivity contribution in [2.75, 3.05) is 26.2 Å². The smallest absolute Gasteiger partial charge is 0.149 e. The number of likely N-dealkylation sites (N-methyl/N-ethyl adjacent to an activating group) is 1. The van der Waals surface area contributed by atoms with Gasteiger partial charge in [0.25, 0.3) is 0 Å². The number of rotatable bonds is 2. The molecule has 1 heterocycles. The first-order valence-corrected chi connectivity index (χ1v) is 6.73. The highest BCUT2D eigenvalue weighted by Crippen LogP contribution is 2.22. The molecule has 0 bridgehead atoms. The largest absolute Gasteiger partial charge is 0.298 e. The Labute approximate surface area is 98.8 Å². The fourth-order valence-electron chi connectivity index (χ4n) is 3.13. The van der Waals surface area contributed by atoms with Gasteiger partial charge in [0.15, 0.2) is 0 Å². The summed E-state index contributed by atoms with van der Waals surface area (Å²) in [4.78, 5) is 16.8. The van der Waals surface area contributed by atoms with Crippen LogP contribution in [0.4, 0.5) is 0 Å². The van der Waals surface area contributed by atoms with Crippen LogP contribution in [0.5, 0.6) is 0 Å². The molecule has 0 amide bonds. The summed E-state index contributed by atoms with van der Waals surface area (Å²) >= 11 is 0. The van der Waals surface area contributed by atoms with Crippen molar-refractivity contribution in [3.8, 4) is 0 Å². The molecule has 2 aliphatic rings. The highest BCUT2D eigenvalue weighted by atomic mass is 16.1. The van der Waals surface area contributed by atoms with Gasteiger partial charge in [0.05, 0.1) is 6.04 Å². The number of Topliss-reactive ketones (excluding diaryl/α,β-unsaturated/α-hetero) is 1. The van der Waals surface area contributed by atoms with Gasteiger partial charge in [0.2, 0.25) is 0 Å². The zero-order chi connectivity index (χ0) is 11.5. The van der Waals surface area contributed by atoms with Crippen LogP contribution >= 0.6 is 0 Å². The third-order valence-electron chi connectivity index (χ3n) is 4.17. The average molecular weight is 224 g/mol. The third-order valence-corrected chi connectivity index (χ3v) is 4.17. The molecule has 2 atom stereocenters. The predicted molar refractivity (Wildman–Crippen MR) is 65.5 cm³/mol. The lowest BCUT2D eigenvalue weighted by Crippen LogP contribution is -2.56. The molecule has 0 aromatic carbocycles. The SMILES string of the molecule is CCN1CCN(C2CCCCC2=O)CC1C. The van der Waals surface area contributed by atoms with Crippen LogP contribution in [0.3, 0.4) is 0 Å². The molecule has 3 heteroatoms. The number of piperazine rings is 1. The van der Waals surface area contributed by atoms with Gasteiger partial charge >= 0.3 is 0 Å². The van der Waals surface area contributed by atoms with Gasteiger partial charge in [-0.3, -0.25) is 14.6 Å². The second-order valence-corrected chi connectivity index (χ2v) is 5.20. The fourth-order valence-corrected chi connectivity index (χ4v) is 3.13. The topological polar surface area (TPSA) is 23.6 Å². The molecule has 1 saturated carbocycles. The number of carbonyl (C=O) groups is 1. The second kappa shape index (κ2) is 5.28. The Balaban J connectivity index is 1.93. The van der Waals surface area contributed by atoms with E-state index in [2.05, 4.69) is 23.6 Å². The van der Waals surface area contributed by atoms with E-state index in [1.54, 1.807) is 0 Å². The molecule has 16 heavy (non-hydrogen) atoms. The van der Waals surface area contributed by atoms with Crippen molar-refractivity contribution in [3.63, 3.8) is 0 Å². The van der Waals surface area contributed by atoms with E-state index < -0.39 is 0 Å². The Kier molecular flexibility index (Phi) is 3.98. The van der Waals surface area contributed by atoms with Crippen molar-refractivity contribution in [1.82, 2.24) is 9.80 Å². The normalized spacial score (nSPS) is 34.2. The molecule has 3 nitrogen and oxygen atoms in total. The van der Waals surface area contributed by atoms with E-state index in [4.69, 9.17) is 0 Å². The molecule has 0 N–H and O–H groups in total. The molecule has 2 rings (SSSR count). The summed E-state index contributed by atoms with van der Waals surface area (Å²) in [6, 6.07) is 0.851. The molecule has 1 saturated heterocycles. The van der Waals surface area contributed by atoms with E-state index in [9.17, 15) is 4.79 Å². The maximum Gasteiger partial charge on any atom is 0.149 e. The highest BCUT2D eigenvalue weighted by molar-refractivity contribution is 5.84. The first kappa shape index (κ1) is 12.1. The number of carbonyl (C=O) groups excluding carboxylic acids is 1. The summed E-state index contributed by atoms with van der Waals surface area (Å²) in [5.74, 6) is 0.489. The number of ketones is 1. The van der Waals surface area contributed by atoms with Gasteiger partial charge in [-0.05, 0) is 26.3 Å². The minimum absolute atomic E-state index is 0.246. The van der Waals surface area contributed by atoms with Crippen molar-refractivity contribution in [2.45, 2.75) is 51.6 Å². The molecule has 0 radical (unpaired) electrons. The van der Waals surface area contributed by atoms with Gasteiger partial charge in [0.1, 0.15) is 5.78 Å². The van der Waals surface area contributed by atoms with Crippen LogP contribution in [0.1, 0.15) is 39.5 Å². The quantitative estimate of drug-likeness (QED) is 0.710. The first-order valence-electron chi connectivity index (χ1n) is 6.73. The molecule has 2 unspecified atom stereocenters. The maximum atomic E-state index is 11.9. The fraction of sp³-hybridized carbons (Fsp3) is 0.923. The molecular formula is C13H24N2O. The first-order chi connectivity index (χ1) is 7.72. The monoisotopic (exact) mass is 224 g/mol. The summed E-state index contributed by atoms with van der Waals surface area (Å²) in [6.07, 6.45) is 4.25. The van der Waals surface area contributed by atoms with Gasteiger partial charge in [-0.1, -0.05) is 13.3 Å². The lowest BCUT2D eigenvalue weighted by molar-refractivity contribution is -0.127. The van der Waals surface area contributed by atoms with Crippen LogP contribution in [0.15, 0.2) is 0 Å². The van der Waals surface area contributed by atoms with Crippen LogP contribution in [0, 0.1) is 0 Å². The standard InChI is InChI=1S/C13H24N2O/c1-3-14-8-9-15(10-11(14)2)12-6-4-5-7-13(12)16/h11-12H,3-10H2,1-2H3. The van der Waals surface area contributed by atoms with E-state index >= 15 is 0 Å². The van der Waals surface area contributed by atoms with Gasteiger partial charge in [0, 0.05) is 32.1 Å². The van der Waals surface area contributed by atoms with Gasteiger partial charge in [-0.25, -0.2) is 0 Å². The van der Waals surface area contributed by atoms with Crippen LogP contribution in [0.2, 0.25) is 0 Å². The number of hydrogen-bond acceptors (Lipinski definition) is 3. The average Bonchev–Trinajstić information content (AvgIpc) is 2.29.